The van der Waals surface area contributed by atoms with Crippen LogP contribution in [0.3, 0.4) is 0 Å². The Bertz CT molecular complexity index is 678. The second-order valence-electron chi connectivity index (χ2n) is 5.79. The fraction of sp³-hybridized carbons (Fsp3) is 0.286. The molecule has 2 aromatic rings. The van der Waals surface area contributed by atoms with Gasteiger partial charge >= 0.3 is 0 Å². The maximum Gasteiger partial charge on any atom is 0.0884 e. The van der Waals surface area contributed by atoms with Crippen molar-refractivity contribution >= 4 is 22.4 Å². The number of benzene rings is 2. The van der Waals surface area contributed by atoms with Gasteiger partial charge in [-0.05, 0) is 31.1 Å². The van der Waals surface area contributed by atoms with Gasteiger partial charge in [-0.25, -0.2) is 0 Å². The number of hydrogen-bond acceptors (Lipinski definition) is 2. The van der Waals surface area contributed by atoms with Crippen molar-refractivity contribution in [2.75, 3.05) is 19.3 Å². The molecule has 1 fully saturated rings. The van der Waals surface area contributed by atoms with E-state index < -0.39 is 0 Å². The molecule has 3 rings (SSSR count). The van der Waals surface area contributed by atoms with E-state index in [9.17, 15) is 0 Å². The van der Waals surface area contributed by atoms with E-state index >= 15 is 0 Å². The largest absolute Gasteiger partial charge is 0.365 e. The molecule has 0 bridgehead atoms. The summed E-state index contributed by atoms with van der Waals surface area (Å²) in [6.45, 7) is 2.27. The van der Waals surface area contributed by atoms with Crippen LogP contribution in [0.15, 0.2) is 66.4 Å². The molecule has 0 aliphatic carbocycles. The van der Waals surface area contributed by atoms with Crippen molar-refractivity contribution in [1.82, 2.24) is 4.90 Å². The molecule has 1 nitrogen and oxygen atoms in total. The fourth-order valence-corrected chi connectivity index (χ4v) is 3.56. The predicted molar refractivity (Wildman–Crippen MR) is 102 cm³/mol. The van der Waals surface area contributed by atoms with Crippen LogP contribution in [0.4, 0.5) is 0 Å². The Morgan fingerprint density at radius 2 is 1.39 bits per heavy atom. The van der Waals surface area contributed by atoms with Crippen LogP contribution in [0.2, 0.25) is 0 Å². The standard InChI is InChI=1S/C21H23NS/c1-23-21(19-13-7-3-8-14-19)17-20(18-11-5-2-6-12-18)22-15-9-4-10-16-22/h2-3,5-8,11-14H,4,9-10,15-16H2,1H3. The molecule has 23 heavy (non-hydrogen) atoms. The first-order chi connectivity index (χ1) is 11.4. The second kappa shape index (κ2) is 8.10. The van der Waals surface area contributed by atoms with Crippen LogP contribution in [0.25, 0.3) is 10.6 Å². The number of piperidine rings is 1. The van der Waals surface area contributed by atoms with Crippen molar-refractivity contribution in [3.05, 3.63) is 77.5 Å². The Balaban J connectivity index is 2.10. The SMILES string of the molecule is CSC(=C=C(c1ccccc1)N1CCCCC1)c1ccccc1. The zero-order valence-corrected chi connectivity index (χ0v) is 14.5. The maximum absolute atomic E-state index is 3.73. The van der Waals surface area contributed by atoms with E-state index in [-0.39, 0.29) is 0 Å². The highest BCUT2D eigenvalue weighted by atomic mass is 32.2. The summed E-state index contributed by atoms with van der Waals surface area (Å²) < 4.78 is 0. The molecule has 2 aromatic carbocycles. The fourth-order valence-electron chi connectivity index (χ4n) is 2.99. The van der Waals surface area contributed by atoms with Crippen molar-refractivity contribution in [1.29, 1.82) is 0 Å². The molecular weight excluding hydrogens is 298 g/mol. The summed E-state index contributed by atoms with van der Waals surface area (Å²) in [7, 11) is 0. The average Bonchev–Trinajstić information content (AvgIpc) is 2.65. The first-order valence-electron chi connectivity index (χ1n) is 8.29. The summed E-state index contributed by atoms with van der Waals surface area (Å²) in [4.78, 5) is 3.70. The molecule has 1 heterocycles. The van der Waals surface area contributed by atoms with Crippen molar-refractivity contribution < 1.29 is 0 Å². The zero-order chi connectivity index (χ0) is 15.9. The Labute approximate surface area is 143 Å². The number of hydrogen-bond donors (Lipinski definition) is 0. The topological polar surface area (TPSA) is 3.24 Å². The van der Waals surface area contributed by atoms with Crippen LogP contribution >= 0.6 is 11.8 Å². The van der Waals surface area contributed by atoms with E-state index in [1.807, 2.05) is 0 Å². The van der Waals surface area contributed by atoms with Crippen molar-refractivity contribution in [3.8, 4) is 0 Å². The first-order valence-corrected chi connectivity index (χ1v) is 9.51. The number of thioether (sulfide) groups is 1. The number of nitrogens with zero attached hydrogens (tertiary/aromatic N) is 1. The lowest BCUT2D eigenvalue weighted by molar-refractivity contribution is 0.326. The van der Waals surface area contributed by atoms with Crippen molar-refractivity contribution in [2.45, 2.75) is 19.3 Å². The summed E-state index contributed by atoms with van der Waals surface area (Å²) in [5, 5.41) is 0. The van der Waals surface area contributed by atoms with Gasteiger partial charge in [0.15, 0.2) is 0 Å². The first kappa shape index (κ1) is 16.0. The number of likely N-dealkylation sites (tertiary alicyclic amines) is 1. The third kappa shape index (κ3) is 4.10. The molecule has 0 amide bonds. The van der Waals surface area contributed by atoms with Crippen LogP contribution in [0.1, 0.15) is 30.4 Å². The van der Waals surface area contributed by atoms with E-state index in [2.05, 4.69) is 77.6 Å². The summed E-state index contributed by atoms with van der Waals surface area (Å²) in [5.74, 6) is 0. The third-order valence-electron chi connectivity index (χ3n) is 4.19. The summed E-state index contributed by atoms with van der Waals surface area (Å²) in [5.41, 5.74) is 7.47. The van der Waals surface area contributed by atoms with Gasteiger partial charge in [0.05, 0.1) is 10.6 Å². The maximum atomic E-state index is 3.73. The summed E-state index contributed by atoms with van der Waals surface area (Å²) >= 11 is 1.77. The molecule has 0 aromatic heterocycles. The molecule has 0 spiro atoms. The van der Waals surface area contributed by atoms with Crippen LogP contribution in [-0.2, 0) is 0 Å². The average molecular weight is 321 g/mol. The molecule has 118 valence electrons. The van der Waals surface area contributed by atoms with Crippen molar-refractivity contribution in [3.63, 3.8) is 0 Å². The number of rotatable bonds is 4. The van der Waals surface area contributed by atoms with Gasteiger partial charge in [-0.15, -0.1) is 11.8 Å². The molecule has 2 heteroatoms. The van der Waals surface area contributed by atoms with Gasteiger partial charge in [0.2, 0.25) is 0 Å². The van der Waals surface area contributed by atoms with Gasteiger partial charge in [-0.2, -0.15) is 0 Å². The highest BCUT2D eigenvalue weighted by Crippen LogP contribution is 2.28. The minimum Gasteiger partial charge on any atom is -0.365 e. The predicted octanol–water partition coefficient (Wildman–Crippen LogP) is 5.52. The Morgan fingerprint density at radius 1 is 0.826 bits per heavy atom. The van der Waals surface area contributed by atoms with Gasteiger partial charge in [0, 0.05) is 18.7 Å². The molecule has 0 radical (unpaired) electrons. The van der Waals surface area contributed by atoms with Crippen LogP contribution in [0, 0.1) is 0 Å². The molecule has 0 unspecified atom stereocenters. The van der Waals surface area contributed by atoms with Gasteiger partial charge < -0.3 is 4.90 Å². The van der Waals surface area contributed by atoms with Gasteiger partial charge in [0.1, 0.15) is 0 Å². The molecule has 1 aliphatic heterocycles. The van der Waals surface area contributed by atoms with E-state index in [4.69, 9.17) is 0 Å². The quantitative estimate of drug-likeness (QED) is 0.682. The van der Waals surface area contributed by atoms with Gasteiger partial charge in [-0.1, -0.05) is 66.4 Å². The minimum absolute atomic E-state index is 1.13. The zero-order valence-electron chi connectivity index (χ0n) is 13.7. The van der Waals surface area contributed by atoms with Crippen LogP contribution < -0.4 is 0 Å². The molecule has 1 aliphatic rings. The lowest BCUT2D eigenvalue weighted by Crippen LogP contribution is -2.28. The van der Waals surface area contributed by atoms with Crippen LogP contribution in [-0.4, -0.2) is 24.2 Å². The van der Waals surface area contributed by atoms with E-state index in [0.717, 1.165) is 13.1 Å². The van der Waals surface area contributed by atoms with Gasteiger partial charge in [-0.3, -0.25) is 0 Å². The van der Waals surface area contributed by atoms with Gasteiger partial charge in [0.25, 0.3) is 0 Å². The summed E-state index contributed by atoms with van der Waals surface area (Å²) in [6.07, 6.45) is 6.03. The Hall–Kier alpha value is -1.89. The summed E-state index contributed by atoms with van der Waals surface area (Å²) in [6, 6.07) is 21.3. The lowest BCUT2D eigenvalue weighted by Gasteiger charge is -2.30. The van der Waals surface area contributed by atoms with Crippen LogP contribution in [0.5, 0.6) is 0 Å². The lowest BCUT2D eigenvalue weighted by atomic mass is 10.1. The molecule has 0 atom stereocenters. The molecule has 0 saturated carbocycles. The molecule has 0 N–H and O–H groups in total. The monoisotopic (exact) mass is 321 g/mol. The van der Waals surface area contributed by atoms with E-state index in [0.29, 0.717) is 0 Å². The Kier molecular flexibility index (Phi) is 5.63. The highest BCUT2D eigenvalue weighted by molar-refractivity contribution is 8.07. The second-order valence-corrected chi connectivity index (χ2v) is 6.60. The minimum atomic E-state index is 1.13. The molecule has 1 saturated heterocycles. The third-order valence-corrected chi connectivity index (χ3v) is 4.94. The molecular formula is C21H23NS. The van der Waals surface area contributed by atoms with E-state index in [1.165, 1.54) is 41.0 Å². The smallest absolute Gasteiger partial charge is 0.0884 e. The Morgan fingerprint density at radius 3 is 1.96 bits per heavy atom. The normalized spacial score (nSPS) is 14.2. The van der Waals surface area contributed by atoms with Crippen molar-refractivity contribution in [2.24, 2.45) is 0 Å². The van der Waals surface area contributed by atoms with E-state index in [1.54, 1.807) is 11.8 Å². The highest BCUT2D eigenvalue weighted by Gasteiger charge is 2.15.